The fourth-order valence-corrected chi connectivity index (χ4v) is 7.73. The van der Waals surface area contributed by atoms with Crippen LogP contribution in [-0.4, -0.2) is 18.7 Å². The van der Waals surface area contributed by atoms with Crippen molar-refractivity contribution < 1.29 is 19.1 Å². The van der Waals surface area contributed by atoms with Crippen LogP contribution >= 0.6 is 22.7 Å². The molecule has 5 aromatic carbocycles. The molecule has 5 nitrogen and oxygen atoms in total. The fourth-order valence-electron chi connectivity index (χ4n) is 5.50. The van der Waals surface area contributed by atoms with Crippen LogP contribution in [0.25, 0.3) is 52.8 Å². The monoisotopic (exact) mass is 599 g/mol. The highest BCUT2D eigenvalue weighted by molar-refractivity contribution is 7.24. The summed E-state index contributed by atoms with van der Waals surface area (Å²) in [6, 6.07) is 34.2. The molecule has 0 aliphatic heterocycles. The number of anilines is 1. The Morgan fingerprint density at radius 1 is 0.698 bits per heavy atom. The molecule has 0 radical (unpaired) electrons. The average Bonchev–Trinajstić information content (AvgIpc) is 3.61. The van der Waals surface area contributed by atoms with E-state index >= 15 is 0 Å². The molecule has 1 N–H and O–H groups in total. The molecule has 0 fully saturated rings. The summed E-state index contributed by atoms with van der Waals surface area (Å²) in [5.41, 5.74) is 2.43. The standard InChI is InChI=1S/C36H25NO4S2/c1-2-20-40-36(39)37-34-32(30-26-15-9-7-13-24(26)17-19-28(30)43-34)31-29-25-14-8-6-12-23(25)16-18-27(29)42-33(31)35(38)41-21-22-10-4-3-5-11-22/h2-19H,1,20-21H2,(H,37,39). The smallest absolute Gasteiger partial charge is 0.412 e. The molecule has 2 heterocycles. The van der Waals surface area contributed by atoms with Crippen molar-refractivity contribution in [1.29, 1.82) is 0 Å². The first-order valence-electron chi connectivity index (χ1n) is 13.8. The summed E-state index contributed by atoms with van der Waals surface area (Å²) >= 11 is 2.87. The van der Waals surface area contributed by atoms with Gasteiger partial charge in [0.05, 0.1) is 0 Å². The van der Waals surface area contributed by atoms with Gasteiger partial charge in [-0.2, -0.15) is 0 Å². The minimum absolute atomic E-state index is 0.0814. The first-order valence-corrected chi connectivity index (χ1v) is 15.4. The first-order chi connectivity index (χ1) is 21.1. The van der Waals surface area contributed by atoms with Gasteiger partial charge in [0, 0.05) is 31.3 Å². The highest BCUT2D eigenvalue weighted by Gasteiger charge is 2.29. The van der Waals surface area contributed by atoms with Gasteiger partial charge < -0.3 is 9.47 Å². The minimum Gasteiger partial charge on any atom is -0.457 e. The molecule has 43 heavy (non-hydrogen) atoms. The Balaban J connectivity index is 1.52. The summed E-state index contributed by atoms with van der Waals surface area (Å²) in [5, 5.41) is 9.67. The van der Waals surface area contributed by atoms with E-state index in [1.807, 2.05) is 54.6 Å². The topological polar surface area (TPSA) is 64.6 Å². The quantitative estimate of drug-likeness (QED) is 0.146. The molecule has 0 aliphatic carbocycles. The van der Waals surface area contributed by atoms with E-state index in [1.54, 1.807) is 0 Å². The van der Waals surface area contributed by atoms with Crippen molar-refractivity contribution in [3.63, 3.8) is 0 Å². The third kappa shape index (κ3) is 4.92. The van der Waals surface area contributed by atoms with Gasteiger partial charge in [0.15, 0.2) is 0 Å². The lowest BCUT2D eigenvalue weighted by Crippen LogP contribution is -2.13. The molecule has 0 unspecified atom stereocenters. The Labute approximate surface area is 255 Å². The zero-order valence-corrected chi connectivity index (χ0v) is 24.6. The van der Waals surface area contributed by atoms with Crippen molar-refractivity contribution in [2.45, 2.75) is 6.61 Å². The SMILES string of the molecule is C=CCOC(=O)Nc1sc2ccc3ccccc3c2c1-c1c(C(=O)OCc2ccccc2)sc2ccc3ccccc3c12. The molecule has 210 valence electrons. The molecule has 0 atom stereocenters. The van der Waals surface area contributed by atoms with E-state index in [0.29, 0.717) is 9.88 Å². The lowest BCUT2D eigenvalue weighted by atomic mass is 9.94. The van der Waals surface area contributed by atoms with E-state index in [0.717, 1.165) is 58.4 Å². The second-order valence-electron chi connectivity index (χ2n) is 10.0. The number of carbonyl (C=O) groups is 2. The van der Waals surface area contributed by atoms with Crippen molar-refractivity contribution >= 4 is 81.5 Å². The summed E-state index contributed by atoms with van der Waals surface area (Å²) in [4.78, 5) is 27.4. The number of benzene rings is 5. The van der Waals surface area contributed by atoms with Crippen molar-refractivity contribution in [1.82, 2.24) is 0 Å². The molecule has 0 saturated carbocycles. The third-order valence-corrected chi connectivity index (χ3v) is 9.56. The van der Waals surface area contributed by atoms with Gasteiger partial charge in [0.2, 0.25) is 0 Å². The van der Waals surface area contributed by atoms with Crippen LogP contribution in [0, 0.1) is 0 Å². The maximum atomic E-state index is 14.0. The van der Waals surface area contributed by atoms with E-state index in [1.165, 1.54) is 28.7 Å². The second kappa shape index (κ2) is 11.4. The predicted molar refractivity (Wildman–Crippen MR) is 178 cm³/mol. The Hall–Kier alpha value is -4.98. The van der Waals surface area contributed by atoms with Gasteiger partial charge in [-0.15, -0.1) is 22.7 Å². The molecule has 0 aliphatic rings. The summed E-state index contributed by atoms with van der Waals surface area (Å²) in [5.74, 6) is -0.413. The number of fused-ring (bicyclic) bond motifs is 6. The fraction of sp³-hybridized carbons (Fsp3) is 0.0556. The molecular weight excluding hydrogens is 575 g/mol. The van der Waals surface area contributed by atoms with Gasteiger partial charge >= 0.3 is 12.1 Å². The van der Waals surface area contributed by atoms with Gasteiger partial charge in [0.1, 0.15) is 23.1 Å². The molecule has 0 bridgehead atoms. The van der Waals surface area contributed by atoms with Crippen LogP contribution in [0.5, 0.6) is 0 Å². The molecule has 0 spiro atoms. The van der Waals surface area contributed by atoms with Crippen molar-refractivity contribution in [3.05, 3.63) is 126 Å². The van der Waals surface area contributed by atoms with E-state index in [4.69, 9.17) is 9.47 Å². The second-order valence-corrected chi connectivity index (χ2v) is 12.1. The summed E-state index contributed by atoms with van der Waals surface area (Å²) in [6.45, 7) is 3.88. The van der Waals surface area contributed by atoms with Crippen LogP contribution in [0.2, 0.25) is 0 Å². The number of amides is 1. The number of hydrogen-bond acceptors (Lipinski definition) is 6. The van der Waals surface area contributed by atoms with Gasteiger partial charge in [-0.25, -0.2) is 9.59 Å². The summed E-state index contributed by atoms with van der Waals surface area (Å²) in [7, 11) is 0. The number of ether oxygens (including phenoxy) is 2. The third-order valence-electron chi connectivity index (χ3n) is 7.36. The number of carbonyl (C=O) groups excluding carboxylic acids is 2. The highest BCUT2D eigenvalue weighted by Crippen LogP contribution is 2.52. The molecule has 7 aromatic rings. The normalized spacial score (nSPS) is 11.3. The molecular formula is C36H25NO4S2. The maximum Gasteiger partial charge on any atom is 0.412 e. The number of rotatable bonds is 7. The van der Waals surface area contributed by atoms with Gasteiger partial charge in [-0.1, -0.05) is 104 Å². The molecule has 1 amide bonds. The zero-order valence-electron chi connectivity index (χ0n) is 23.0. The number of hydrogen-bond donors (Lipinski definition) is 1. The molecule has 2 aromatic heterocycles. The average molecular weight is 600 g/mol. The highest BCUT2D eigenvalue weighted by atomic mass is 32.1. The van der Waals surface area contributed by atoms with E-state index in [-0.39, 0.29) is 13.2 Å². The van der Waals surface area contributed by atoms with Gasteiger partial charge in [0.25, 0.3) is 0 Å². The Morgan fingerprint density at radius 2 is 1.30 bits per heavy atom. The van der Waals surface area contributed by atoms with E-state index < -0.39 is 12.1 Å². The first kappa shape index (κ1) is 26.9. The predicted octanol–water partition coefficient (Wildman–Crippen LogP) is 10.2. The lowest BCUT2D eigenvalue weighted by molar-refractivity contribution is 0.0479. The number of thiophene rings is 2. The summed E-state index contributed by atoms with van der Waals surface area (Å²) < 4.78 is 13.2. The summed E-state index contributed by atoms with van der Waals surface area (Å²) in [6.07, 6.45) is 0.938. The van der Waals surface area contributed by atoms with Crippen LogP contribution in [0.15, 0.2) is 116 Å². The van der Waals surface area contributed by atoms with Crippen LogP contribution in [0.1, 0.15) is 15.2 Å². The van der Waals surface area contributed by atoms with E-state index in [9.17, 15) is 9.59 Å². The molecule has 7 rings (SSSR count). The Bertz CT molecular complexity index is 2180. The van der Waals surface area contributed by atoms with Crippen molar-refractivity contribution in [2.75, 3.05) is 11.9 Å². The lowest BCUT2D eigenvalue weighted by Gasteiger charge is -2.12. The van der Waals surface area contributed by atoms with Crippen molar-refractivity contribution in [2.24, 2.45) is 0 Å². The molecule has 0 saturated heterocycles. The van der Waals surface area contributed by atoms with Crippen LogP contribution in [0.4, 0.5) is 9.80 Å². The van der Waals surface area contributed by atoms with Crippen LogP contribution < -0.4 is 5.32 Å². The molecule has 7 heteroatoms. The van der Waals surface area contributed by atoms with E-state index in [2.05, 4.69) is 60.4 Å². The van der Waals surface area contributed by atoms with Gasteiger partial charge in [-0.05, 0) is 39.2 Å². The number of esters is 1. The zero-order chi connectivity index (χ0) is 29.3. The van der Waals surface area contributed by atoms with Crippen LogP contribution in [-0.2, 0) is 16.1 Å². The Kier molecular flexibility index (Phi) is 7.10. The minimum atomic E-state index is -0.588. The largest absolute Gasteiger partial charge is 0.457 e. The maximum absolute atomic E-state index is 14.0. The number of nitrogens with one attached hydrogen (secondary N) is 1. The van der Waals surface area contributed by atoms with Crippen molar-refractivity contribution in [3.8, 4) is 11.1 Å². The van der Waals surface area contributed by atoms with Gasteiger partial charge in [-0.3, -0.25) is 5.32 Å². The Morgan fingerprint density at radius 3 is 1.98 bits per heavy atom. The van der Waals surface area contributed by atoms with Crippen LogP contribution in [0.3, 0.4) is 0 Å².